The van der Waals surface area contributed by atoms with Gasteiger partial charge >= 0.3 is 0 Å². The molecule has 1 aliphatic rings. The smallest absolute Gasteiger partial charge is 0.246 e. The molecule has 0 aromatic heterocycles. The number of benzene rings is 1. The Balaban J connectivity index is 2.33. The van der Waals surface area contributed by atoms with E-state index in [2.05, 4.69) is 0 Å². The molecular formula is C16H25NO5S. The molecule has 0 radical (unpaired) electrons. The van der Waals surface area contributed by atoms with Crippen LogP contribution in [0.15, 0.2) is 29.2 Å². The van der Waals surface area contributed by atoms with Crippen molar-refractivity contribution >= 4 is 10.0 Å². The molecule has 0 bridgehead atoms. The van der Waals surface area contributed by atoms with Crippen molar-refractivity contribution in [3.63, 3.8) is 0 Å². The average molecular weight is 343 g/mol. The van der Waals surface area contributed by atoms with Gasteiger partial charge in [0.2, 0.25) is 10.0 Å². The van der Waals surface area contributed by atoms with Crippen LogP contribution in [0, 0.1) is 5.41 Å². The zero-order chi connectivity index (χ0) is 17.3. The van der Waals surface area contributed by atoms with Crippen molar-refractivity contribution in [2.75, 3.05) is 33.9 Å². The topological polar surface area (TPSA) is 76.1 Å². The van der Waals surface area contributed by atoms with E-state index in [1.807, 2.05) is 13.8 Å². The number of rotatable bonds is 5. The monoisotopic (exact) mass is 343 g/mol. The zero-order valence-electron chi connectivity index (χ0n) is 14.1. The highest BCUT2D eigenvalue weighted by Gasteiger charge is 2.50. The lowest BCUT2D eigenvalue weighted by molar-refractivity contribution is -0.139. The van der Waals surface area contributed by atoms with Gasteiger partial charge in [0.25, 0.3) is 0 Å². The number of sulfonamides is 1. The van der Waals surface area contributed by atoms with E-state index in [0.717, 1.165) is 0 Å². The van der Waals surface area contributed by atoms with Gasteiger partial charge in [-0.25, -0.2) is 8.42 Å². The van der Waals surface area contributed by atoms with Crippen LogP contribution in [0.2, 0.25) is 0 Å². The highest BCUT2D eigenvalue weighted by Crippen LogP contribution is 2.41. The van der Waals surface area contributed by atoms with Gasteiger partial charge in [0.1, 0.15) is 10.6 Å². The summed E-state index contributed by atoms with van der Waals surface area (Å²) in [6.45, 7) is 4.35. The third kappa shape index (κ3) is 3.24. The molecule has 1 aromatic rings. The molecule has 23 heavy (non-hydrogen) atoms. The second-order valence-corrected chi connectivity index (χ2v) is 8.49. The number of para-hydroxylation sites is 1. The molecule has 0 spiro atoms. The molecule has 6 nitrogen and oxygen atoms in total. The number of methoxy groups -OCH3 is 2. The first-order valence-corrected chi connectivity index (χ1v) is 8.96. The minimum Gasteiger partial charge on any atom is -0.495 e. The third-order valence-corrected chi connectivity index (χ3v) is 6.56. The van der Waals surface area contributed by atoms with Crippen molar-refractivity contribution in [3.8, 4) is 5.75 Å². The number of nitrogens with zero attached hydrogens (tertiary/aromatic N) is 1. The molecular weight excluding hydrogens is 318 g/mol. The lowest BCUT2D eigenvalue weighted by atomic mass is 9.71. The molecule has 1 saturated heterocycles. The maximum absolute atomic E-state index is 13.0. The van der Waals surface area contributed by atoms with Crippen LogP contribution in [0.3, 0.4) is 0 Å². The van der Waals surface area contributed by atoms with Crippen LogP contribution in [0.4, 0.5) is 0 Å². The van der Waals surface area contributed by atoms with Crippen LogP contribution >= 0.6 is 0 Å². The molecule has 1 unspecified atom stereocenters. The second-order valence-electron chi connectivity index (χ2n) is 6.59. The van der Waals surface area contributed by atoms with E-state index in [9.17, 15) is 13.5 Å². The fraction of sp³-hybridized carbons (Fsp3) is 0.625. The van der Waals surface area contributed by atoms with E-state index >= 15 is 0 Å². The third-order valence-electron chi connectivity index (χ3n) is 4.68. The van der Waals surface area contributed by atoms with E-state index in [-0.39, 0.29) is 24.6 Å². The van der Waals surface area contributed by atoms with Crippen LogP contribution < -0.4 is 4.74 Å². The summed E-state index contributed by atoms with van der Waals surface area (Å²) in [5, 5.41) is 10.8. The van der Waals surface area contributed by atoms with E-state index in [1.54, 1.807) is 18.2 Å². The van der Waals surface area contributed by atoms with Crippen molar-refractivity contribution in [1.29, 1.82) is 0 Å². The highest BCUT2D eigenvalue weighted by molar-refractivity contribution is 7.89. The fourth-order valence-corrected chi connectivity index (χ4v) is 4.76. The molecule has 130 valence electrons. The summed E-state index contributed by atoms with van der Waals surface area (Å²) in [5.74, 6) is 0.322. The molecule has 1 aliphatic heterocycles. The van der Waals surface area contributed by atoms with Gasteiger partial charge in [-0.1, -0.05) is 26.0 Å². The molecule has 1 atom stereocenters. The Morgan fingerprint density at radius 2 is 1.91 bits per heavy atom. The Morgan fingerprint density at radius 3 is 2.48 bits per heavy atom. The van der Waals surface area contributed by atoms with Crippen molar-refractivity contribution < 1.29 is 23.0 Å². The van der Waals surface area contributed by atoms with Crippen molar-refractivity contribution in [1.82, 2.24) is 4.31 Å². The van der Waals surface area contributed by atoms with Crippen LogP contribution in [0.1, 0.15) is 20.3 Å². The molecule has 1 heterocycles. The Labute approximate surface area is 138 Å². The molecule has 2 rings (SSSR count). The second kappa shape index (κ2) is 6.39. The fourth-order valence-electron chi connectivity index (χ4n) is 3.00. The SMILES string of the molecule is COCC1(O)CCN(S(=O)(=O)c2ccccc2OC)CC1(C)C. The van der Waals surface area contributed by atoms with Gasteiger partial charge in [-0.2, -0.15) is 4.31 Å². The summed E-state index contributed by atoms with van der Waals surface area (Å²) in [6.07, 6.45) is 0.322. The van der Waals surface area contributed by atoms with Gasteiger partial charge in [0, 0.05) is 25.6 Å². The van der Waals surface area contributed by atoms with Gasteiger partial charge in [-0.05, 0) is 18.6 Å². The maximum atomic E-state index is 13.0. The summed E-state index contributed by atoms with van der Waals surface area (Å²) >= 11 is 0. The van der Waals surface area contributed by atoms with Gasteiger partial charge < -0.3 is 14.6 Å². The molecule has 1 aromatic carbocycles. The number of ether oxygens (including phenoxy) is 2. The van der Waals surface area contributed by atoms with Crippen LogP contribution in [-0.4, -0.2) is 57.3 Å². The van der Waals surface area contributed by atoms with Gasteiger partial charge in [0.15, 0.2) is 0 Å². The Hall–Kier alpha value is -1.15. The molecule has 0 saturated carbocycles. The first kappa shape index (κ1) is 18.2. The van der Waals surface area contributed by atoms with E-state index in [0.29, 0.717) is 12.2 Å². The first-order chi connectivity index (χ1) is 10.7. The van der Waals surface area contributed by atoms with Crippen LogP contribution in [0.25, 0.3) is 0 Å². The number of aliphatic hydroxyl groups is 1. The van der Waals surface area contributed by atoms with E-state index < -0.39 is 21.0 Å². The van der Waals surface area contributed by atoms with E-state index in [4.69, 9.17) is 9.47 Å². The summed E-state index contributed by atoms with van der Waals surface area (Å²) in [5.41, 5.74) is -1.68. The predicted octanol–water partition coefficient (Wildman–Crippen LogP) is 1.49. The Bertz CT molecular complexity index is 658. The van der Waals surface area contributed by atoms with Gasteiger partial charge in [-0.3, -0.25) is 0 Å². The summed E-state index contributed by atoms with van der Waals surface area (Å²) < 4.78 is 37.6. The van der Waals surface area contributed by atoms with Crippen molar-refractivity contribution in [2.45, 2.75) is 30.8 Å². The highest BCUT2D eigenvalue weighted by atomic mass is 32.2. The molecule has 1 N–H and O–H groups in total. The summed E-state index contributed by atoms with van der Waals surface area (Å²) in [4.78, 5) is 0.149. The van der Waals surface area contributed by atoms with E-state index in [1.165, 1.54) is 24.6 Å². The Kier molecular flexibility index (Phi) is 5.06. The first-order valence-electron chi connectivity index (χ1n) is 7.52. The molecule has 0 amide bonds. The minimum absolute atomic E-state index is 0.149. The molecule has 7 heteroatoms. The largest absolute Gasteiger partial charge is 0.495 e. The number of hydrogen-bond acceptors (Lipinski definition) is 5. The standard InChI is InChI=1S/C16H25NO5S/c1-15(2)11-17(10-9-16(15,18)12-21-3)23(19,20)14-8-6-5-7-13(14)22-4/h5-8,18H,9-12H2,1-4H3. The average Bonchev–Trinajstić information content (AvgIpc) is 2.50. The Morgan fingerprint density at radius 1 is 1.26 bits per heavy atom. The molecule has 1 fully saturated rings. The molecule has 0 aliphatic carbocycles. The number of hydrogen-bond donors (Lipinski definition) is 1. The normalized spacial score (nSPS) is 25.3. The lowest BCUT2D eigenvalue weighted by Gasteiger charge is -2.49. The minimum atomic E-state index is -3.68. The van der Waals surface area contributed by atoms with Crippen LogP contribution in [-0.2, 0) is 14.8 Å². The van der Waals surface area contributed by atoms with Crippen molar-refractivity contribution in [2.24, 2.45) is 5.41 Å². The lowest BCUT2D eigenvalue weighted by Crippen LogP contribution is -2.60. The number of piperidine rings is 1. The zero-order valence-corrected chi connectivity index (χ0v) is 14.9. The summed E-state index contributed by atoms with van der Waals surface area (Å²) in [7, 11) is -0.701. The van der Waals surface area contributed by atoms with Gasteiger partial charge in [0.05, 0.1) is 19.3 Å². The predicted molar refractivity (Wildman–Crippen MR) is 87.0 cm³/mol. The maximum Gasteiger partial charge on any atom is 0.246 e. The quantitative estimate of drug-likeness (QED) is 0.877. The van der Waals surface area contributed by atoms with Gasteiger partial charge in [-0.15, -0.1) is 0 Å². The summed E-state index contributed by atoms with van der Waals surface area (Å²) in [6, 6.07) is 6.57. The van der Waals surface area contributed by atoms with Crippen LogP contribution in [0.5, 0.6) is 5.75 Å². The van der Waals surface area contributed by atoms with Crippen molar-refractivity contribution in [3.05, 3.63) is 24.3 Å².